The molecule has 0 aromatic rings. The molecule has 31 heavy (non-hydrogen) atoms. The number of carbonyl (C=O) groups is 1. The highest BCUT2D eigenvalue weighted by atomic mass is 16.3. The Hall–Kier alpha value is -0.450. The molecule has 4 aliphatic carbocycles. The van der Waals surface area contributed by atoms with Crippen molar-refractivity contribution in [3.05, 3.63) is 0 Å². The van der Waals surface area contributed by atoms with Gasteiger partial charge in [0.15, 0.2) is 0 Å². The van der Waals surface area contributed by atoms with Gasteiger partial charge < -0.3 is 15.3 Å². The molecule has 0 aromatic heterocycles. The molecule has 4 aliphatic rings. The van der Waals surface area contributed by atoms with Crippen molar-refractivity contribution in [1.29, 1.82) is 0 Å². The maximum Gasteiger partial charge on any atom is 0.139 e. The Morgan fingerprint density at radius 2 is 1.68 bits per heavy atom. The van der Waals surface area contributed by atoms with Gasteiger partial charge in [0.05, 0.1) is 23.7 Å². The van der Waals surface area contributed by atoms with Crippen LogP contribution in [-0.2, 0) is 4.79 Å². The van der Waals surface area contributed by atoms with Crippen molar-refractivity contribution in [3.8, 4) is 0 Å². The van der Waals surface area contributed by atoms with Gasteiger partial charge >= 0.3 is 0 Å². The number of hydrogen-bond donors (Lipinski definition) is 3. The number of fused-ring (bicyclic) bond motifs is 5. The lowest BCUT2D eigenvalue weighted by molar-refractivity contribution is -0.183. The molecule has 4 nitrogen and oxygen atoms in total. The first kappa shape index (κ1) is 23.7. The molecular weight excluding hydrogens is 388 g/mol. The summed E-state index contributed by atoms with van der Waals surface area (Å²) in [7, 11) is 0. The molecule has 0 aromatic carbocycles. The molecule has 1 unspecified atom stereocenters. The average Bonchev–Trinajstić information content (AvgIpc) is 3.01. The smallest absolute Gasteiger partial charge is 0.139 e. The highest BCUT2D eigenvalue weighted by Gasteiger charge is 2.64. The molecule has 4 rings (SSSR count). The standard InChI is InChI=1S/C27H46O4/c1-16(7-6-12-25(2,3)31)18-8-9-19-17-15-22(29)23-24(30)21(28)11-14-27(23,5)20(17)10-13-26(18,19)4/h16-21,23-24,28,30-31H,6-15H2,1-5H3/t16-,17+,18-,19+,20+,21+,23?,24+,26-,27-/m1/s1. The van der Waals surface area contributed by atoms with Crippen LogP contribution in [0.5, 0.6) is 0 Å². The Kier molecular flexibility index (Phi) is 6.19. The second kappa shape index (κ2) is 8.09. The van der Waals surface area contributed by atoms with Crippen molar-refractivity contribution < 1.29 is 20.1 Å². The highest BCUT2D eigenvalue weighted by molar-refractivity contribution is 5.84. The zero-order chi connectivity index (χ0) is 22.8. The summed E-state index contributed by atoms with van der Waals surface area (Å²) in [4.78, 5) is 13.3. The highest BCUT2D eigenvalue weighted by Crippen LogP contribution is 2.67. The van der Waals surface area contributed by atoms with Gasteiger partial charge in [-0.2, -0.15) is 0 Å². The van der Waals surface area contributed by atoms with Crippen LogP contribution in [0.2, 0.25) is 0 Å². The molecule has 0 bridgehead atoms. The maximum absolute atomic E-state index is 13.3. The van der Waals surface area contributed by atoms with Gasteiger partial charge in [0.2, 0.25) is 0 Å². The predicted molar refractivity (Wildman–Crippen MR) is 122 cm³/mol. The summed E-state index contributed by atoms with van der Waals surface area (Å²) in [5, 5.41) is 31.0. The molecule has 0 amide bonds. The lowest BCUT2D eigenvalue weighted by Gasteiger charge is -2.61. The van der Waals surface area contributed by atoms with Crippen LogP contribution < -0.4 is 0 Å². The second-order valence-corrected chi connectivity index (χ2v) is 13.0. The van der Waals surface area contributed by atoms with Crippen LogP contribution in [0.4, 0.5) is 0 Å². The van der Waals surface area contributed by atoms with E-state index < -0.39 is 17.8 Å². The number of aliphatic hydroxyl groups excluding tert-OH is 2. The molecule has 10 atom stereocenters. The lowest BCUT2D eigenvalue weighted by atomic mass is 9.43. The van der Waals surface area contributed by atoms with Crippen molar-refractivity contribution in [1.82, 2.24) is 0 Å². The fourth-order valence-electron chi connectivity index (χ4n) is 9.16. The molecule has 4 saturated carbocycles. The average molecular weight is 435 g/mol. The summed E-state index contributed by atoms with van der Waals surface area (Å²) < 4.78 is 0. The van der Waals surface area contributed by atoms with Crippen LogP contribution in [0.3, 0.4) is 0 Å². The third kappa shape index (κ3) is 3.93. The molecule has 4 heteroatoms. The van der Waals surface area contributed by atoms with Gasteiger partial charge in [-0.3, -0.25) is 4.79 Å². The SMILES string of the molecule is C[C@H](CCCC(C)(C)O)[C@H]1CC[C@H]2[C@@H]3CC(=O)C4[C@@H](O)[C@@H](O)CC[C@]4(C)[C@H]3CC[C@]12C. The van der Waals surface area contributed by atoms with Crippen molar-refractivity contribution in [3.63, 3.8) is 0 Å². The number of hydrogen-bond acceptors (Lipinski definition) is 4. The van der Waals surface area contributed by atoms with Crippen LogP contribution in [0, 0.1) is 46.3 Å². The summed E-state index contributed by atoms with van der Waals surface area (Å²) >= 11 is 0. The van der Waals surface area contributed by atoms with Crippen LogP contribution in [0.25, 0.3) is 0 Å². The number of Topliss-reactive ketones (excluding diaryl/α,β-unsaturated/α-hetero) is 1. The second-order valence-electron chi connectivity index (χ2n) is 13.0. The van der Waals surface area contributed by atoms with Gasteiger partial charge in [0.1, 0.15) is 5.78 Å². The first-order chi connectivity index (χ1) is 14.4. The Balaban J connectivity index is 1.50. The molecule has 178 valence electrons. The zero-order valence-corrected chi connectivity index (χ0v) is 20.4. The molecule has 0 heterocycles. The van der Waals surface area contributed by atoms with Crippen LogP contribution in [0.1, 0.15) is 98.8 Å². The largest absolute Gasteiger partial charge is 0.390 e. The minimum absolute atomic E-state index is 0.156. The molecule has 4 fully saturated rings. The van der Waals surface area contributed by atoms with Gasteiger partial charge in [-0.15, -0.1) is 0 Å². The van der Waals surface area contributed by atoms with E-state index in [1.54, 1.807) is 0 Å². The van der Waals surface area contributed by atoms with E-state index in [-0.39, 0.29) is 17.1 Å². The summed E-state index contributed by atoms with van der Waals surface area (Å²) in [5.74, 6) is 2.76. The Morgan fingerprint density at radius 1 is 1.03 bits per heavy atom. The molecular formula is C27H46O4. The van der Waals surface area contributed by atoms with Crippen molar-refractivity contribution in [2.45, 2.75) is 117 Å². The maximum atomic E-state index is 13.3. The molecule has 3 N–H and O–H groups in total. The lowest BCUT2D eigenvalue weighted by Crippen LogP contribution is -2.61. The molecule has 0 aliphatic heterocycles. The Morgan fingerprint density at radius 3 is 2.35 bits per heavy atom. The topological polar surface area (TPSA) is 77.8 Å². The number of ketones is 1. The van der Waals surface area contributed by atoms with Gasteiger partial charge in [0.25, 0.3) is 0 Å². The van der Waals surface area contributed by atoms with Crippen LogP contribution >= 0.6 is 0 Å². The van der Waals surface area contributed by atoms with Crippen molar-refractivity contribution in [2.24, 2.45) is 46.3 Å². The molecule has 0 radical (unpaired) electrons. The van der Waals surface area contributed by atoms with Crippen molar-refractivity contribution >= 4 is 5.78 Å². The number of aliphatic hydroxyl groups is 3. The first-order valence-corrected chi connectivity index (χ1v) is 13.0. The summed E-state index contributed by atoms with van der Waals surface area (Å²) in [6, 6.07) is 0. The Labute approximate surface area is 189 Å². The normalized spacial score (nSPS) is 48.6. The molecule has 0 saturated heterocycles. The van der Waals surface area contributed by atoms with E-state index >= 15 is 0 Å². The fourth-order valence-corrected chi connectivity index (χ4v) is 9.16. The van der Waals surface area contributed by atoms with Crippen molar-refractivity contribution in [2.75, 3.05) is 0 Å². The van der Waals surface area contributed by atoms with E-state index in [9.17, 15) is 20.1 Å². The minimum atomic E-state index is -0.882. The summed E-state index contributed by atoms with van der Waals surface area (Å²) in [5.41, 5.74) is -0.422. The first-order valence-electron chi connectivity index (χ1n) is 13.0. The van der Waals surface area contributed by atoms with E-state index in [2.05, 4.69) is 20.8 Å². The summed E-state index contributed by atoms with van der Waals surface area (Å²) in [6.07, 6.45) is 8.47. The minimum Gasteiger partial charge on any atom is -0.390 e. The fraction of sp³-hybridized carbons (Fsp3) is 0.963. The quantitative estimate of drug-likeness (QED) is 0.584. The van der Waals surface area contributed by atoms with E-state index in [1.807, 2.05) is 13.8 Å². The van der Waals surface area contributed by atoms with E-state index in [1.165, 1.54) is 25.7 Å². The van der Waals surface area contributed by atoms with Gasteiger partial charge in [-0.1, -0.05) is 33.6 Å². The Bertz CT molecular complexity index is 683. The van der Waals surface area contributed by atoms with Gasteiger partial charge in [-0.25, -0.2) is 0 Å². The van der Waals surface area contributed by atoms with E-state index in [0.29, 0.717) is 47.8 Å². The zero-order valence-electron chi connectivity index (χ0n) is 20.4. The number of carbonyl (C=O) groups excluding carboxylic acids is 1. The van der Waals surface area contributed by atoms with E-state index in [0.717, 1.165) is 25.7 Å². The monoisotopic (exact) mass is 434 g/mol. The third-order valence-corrected chi connectivity index (χ3v) is 10.7. The third-order valence-electron chi connectivity index (χ3n) is 10.7. The number of rotatable bonds is 5. The van der Waals surface area contributed by atoms with E-state index in [4.69, 9.17) is 0 Å². The van der Waals surface area contributed by atoms with Crippen LogP contribution in [-0.4, -0.2) is 38.9 Å². The predicted octanol–water partition coefficient (Wildman–Crippen LogP) is 4.73. The molecule has 0 spiro atoms. The van der Waals surface area contributed by atoms with Crippen LogP contribution in [0.15, 0.2) is 0 Å². The van der Waals surface area contributed by atoms with Gasteiger partial charge in [-0.05, 0) is 99.2 Å². The summed E-state index contributed by atoms with van der Waals surface area (Å²) in [6.45, 7) is 11.0. The van der Waals surface area contributed by atoms with Gasteiger partial charge in [0, 0.05) is 6.42 Å².